The average molecular weight is 425 g/mol. The van der Waals surface area contributed by atoms with E-state index in [1.165, 1.54) is 11.1 Å². The number of nitrogens with zero attached hydrogens (tertiary/aromatic N) is 1. The minimum Gasteiger partial charge on any atom is -0.493 e. The number of ether oxygens (including phenoxy) is 3. The van der Waals surface area contributed by atoms with Gasteiger partial charge < -0.3 is 24.5 Å². The highest BCUT2D eigenvalue weighted by Crippen LogP contribution is 2.30. The van der Waals surface area contributed by atoms with E-state index in [-0.39, 0.29) is 0 Å². The molecule has 0 bridgehead atoms. The molecular formula is C25H32N2O4. The molecule has 1 aromatic heterocycles. The Kier molecular flexibility index (Phi) is 9.09. The first-order valence-corrected chi connectivity index (χ1v) is 10.8. The summed E-state index contributed by atoms with van der Waals surface area (Å²) in [6.07, 6.45) is 1.62. The standard InChI is InChI=1S/C25H32N2O4/c1-19-15-22(21-7-4-3-5-8-21)16-20(2)25(19)30-11-6-9-24-17-23(27-31-24)18-29-14-13-28-12-10-26/h3-5,7-8,15-17H,6,9-14,18,26H2,1-2H3. The first kappa shape index (κ1) is 23.0. The normalized spacial score (nSPS) is 11.1. The predicted molar refractivity (Wildman–Crippen MR) is 121 cm³/mol. The second kappa shape index (κ2) is 12.2. The zero-order valence-electron chi connectivity index (χ0n) is 18.4. The number of aryl methyl sites for hydroxylation is 3. The molecule has 6 nitrogen and oxygen atoms in total. The number of hydrogen-bond acceptors (Lipinski definition) is 6. The number of hydrogen-bond donors (Lipinski definition) is 1. The van der Waals surface area contributed by atoms with Crippen LogP contribution in [-0.2, 0) is 22.5 Å². The van der Waals surface area contributed by atoms with Crippen LogP contribution in [0, 0.1) is 13.8 Å². The van der Waals surface area contributed by atoms with Gasteiger partial charge in [0.15, 0.2) is 0 Å². The fraction of sp³-hybridized carbons (Fsp3) is 0.400. The third kappa shape index (κ3) is 7.21. The summed E-state index contributed by atoms with van der Waals surface area (Å²) < 4.78 is 22.3. The van der Waals surface area contributed by atoms with Crippen LogP contribution in [0.25, 0.3) is 11.1 Å². The van der Waals surface area contributed by atoms with Gasteiger partial charge in [-0.1, -0.05) is 35.5 Å². The van der Waals surface area contributed by atoms with Gasteiger partial charge in [-0.3, -0.25) is 0 Å². The van der Waals surface area contributed by atoms with E-state index in [9.17, 15) is 0 Å². The molecule has 0 unspecified atom stereocenters. The van der Waals surface area contributed by atoms with E-state index in [2.05, 4.69) is 55.4 Å². The molecule has 0 atom stereocenters. The smallest absolute Gasteiger partial charge is 0.137 e. The molecule has 0 spiro atoms. The summed E-state index contributed by atoms with van der Waals surface area (Å²) in [6.45, 7) is 7.35. The van der Waals surface area contributed by atoms with Gasteiger partial charge in [0.05, 0.1) is 33.0 Å². The Morgan fingerprint density at radius 3 is 2.35 bits per heavy atom. The van der Waals surface area contributed by atoms with Crippen molar-refractivity contribution >= 4 is 0 Å². The molecule has 6 heteroatoms. The maximum absolute atomic E-state index is 6.09. The summed E-state index contributed by atoms with van der Waals surface area (Å²) in [4.78, 5) is 0. The van der Waals surface area contributed by atoms with Crippen LogP contribution in [0.3, 0.4) is 0 Å². The number of aromatic nitrogens is 1. The van der Waals surface area contributed by atoms with Crippen molar-refractivity contribution in [2.45, 2.75) is 33.3 Å². The molecular weight excluding hydrogens is 392 g/mol. The highest BCUT2D eigenvalue weighted by atomic mass is 16.5. The summed E-state index contributed by atoms with van der Waals surface area (Å²) in [5.41, 5.74) is 10.9. The van der Waals surface area contributed by atoms with E-state index < -0.39 is 0 Å². The zero-order chi connectivity index (χ0) is 21.9. The van der Waals surface area contributed by atoms with Gasteiger partial charge >= 0.3 is 0 Å². The maximum atomic E-state index is 6.09. The summed E-state index contributed by atoms with van der Waals surface area (Å²) in [5, 5.41) is 4.05. The molecule has 0 radical (unpaired) electrons. The van der Waals surface area contributed by atoms with Gasteiger partial charge in [0, 0.05) is 19.0 Å². The molecule has 3 aromatic rings. The topological polar surface area (TPSA) is 79.7 Å². The number of nitrogens with two attached hydrogens (primary N) is 1. The van der Waals surface area contributed by atoms with Crippen molar-refractivity contribution in [3.8, 4) is 16.9 Å². The highest BCUT2D eigenvalue weighted by Gasteiger charge is 2.09. The van der Waals surface area contributed by atoms with E-state index >= 15 is 0 Å². The Balaban J connectivity index is 1.41. The second-order valence-electron chi connectivity index (χ2n) is 7.50. The summed E-state index contributed by atoms with van der Waals surface area (Å²) >= 11 is 0. The van der Waals surface area contributed by atoms with Crippen molar-refractivity contribution < 1.29 is 18.7 Å². The molecule has 2 N–H and O–H groups in total. The monoisotopic (exact) mass is 424 g/mol. The number of rotatable bonds is 13. The van der Waals surface area contributed by atoms with Crippen LogP contribution in [-0.4, -0.2) is 38.1 Å². The van der Waals surface area contributed by atoms with Gasteiger partial charge in [-0.25, -0.2) is 0 Å². The quantitative estimate of drug-likeness (QED) is 0.408. The Hall–Kier alpha value is -2.67. The predicted octanol–water partition coefficient (Wildman–Crippen LogP) is 4.46. The highest BCUT2D eigenvalue weighted by molar-refractivity contribution is 5.67. The molecule has 31 heavy (non-hydrogen) atoms. The van der Waals surface area contributed by atoms with Gasteiger partial charge in [0.1, 0.15) is 17.2 Å². The molecule has 0 aliphatic heterocycles. The van der Waals surface area contributed by atoms with Crippen LogP contribution in [0.1, 0.15) is 29.0 Å². The third-order valence-corrected chi connectivity index (χ3v) is 4.87. The SMILES string of the molecule is Cc1cc(-c2ccccc2)cc(C)c1OCCCc1cc(COCCOCCN)no1. The fourth-order valence-corrected chi connectivity index (χ4v) is 3.42. The lowest BCUT2D eigenvalue weighted by Gasteiger charge is -2.14. The van der Waals surface area contributed by atoms with Crippen molar-refractivity contribution in [2.24, 2.45) is 5.73 Å². The summed E-state index contributed by atoms with van der Waals surface area (Å²) in [6, 6.07) is 16.7. The van der Waals surface area contributed by atoms with Crippen LogP contribution in [0.5, 0.6) is 5.75 Å². The minimum atomic E-state index is 0.415. The van der Waals surface area contributed by atoms with E-state index in [1.807, 2.05) is 12.1 Å². The Morgan fingerprint density at radius 1 is 0.871 bits per heavy atom. The van der Waals surface area contributed by atoms with Crippen molar-refractivity contribution in [1.29, 1.82) is 0 Å². The Bertz CT molecular complexity index is 901. The fourth-order valence-electron chi connectivity index (χ4n) is 3.42. The lowest BCUT2D eigenvalue weighted by molar-refractivity contribution is 0.0413. The van der Waals surface area contributed by atoms with E-state index in [4.69, 9.17) is 24.5 Å². The van der Waals surface area contributed by atoms with Crippen LogP contribution in [0.2, 0.25) is 0 Å². The van der Waals surface area contributed by atoms with Gasteiger partial charge in [-0.05, 0) is 54.7 Å². The second-order valence-corrected chi connectivity index (χ2v) is 7.50. The Morgan fingerprint density at radius 2 is 1.61 bits per heavy atom. The van der Waals surface area contributed by atoms with Gasteiger partial charge in [0.2, 0.25) is 0 Å². The van der Waals surface area contributed by atoms with Crippen molar-refractivity contribution in [3.05, 3.63) is 71.1 Å². The molecule has 0 aliphatic rings. The van der Waals surface area contributed by atoms with Crippen LogP contribution in [0.15, 0.2) is 53.1 Å². The zero-order valence-corrected chi connectivity index (χ0v) is 18.4. The lowest BCUT2D eigenvalue weighted by atomic mass is 10.00. The van der Waals surface area contributed by atoms with Crippen molar-refractivity contribution in [2.75, 3.05) is 33.0 Å². The minimum absolute atomic E-state index is 0.415. The molecule has 1 heterocycles. The summed E-state index contributed by atoms with van der Waals surface area (Å²) in [5.74, 6) is 1.80. The lowest BCUT2D eigenvalue weighted by Crippen LogP contribution is -2.11. The largest absolute Gasteiger partial charge is 0.493 e. The molecule has 0 fully saturated rings. The molecule has 0 aliphatic carbocycles. The van der Waals surface area contributed by atoms with E-state index in [0.29, 0.717) is 39.6 Å². The number of benzene rings is 2. The van der Waals surface area contributed by atoms with Crippen LogP contribution in [0.4, 0.5) is 0 Å². The van der Waals surface area contributed by atoms with Gasteiger partial charge in [-0.15, -0.1) is 0 Å². The van der Waals surface area contributed by atoms with Crippen LogP contribution >= 0.6 is 0 Å². The Labute approximate surface area is 184 Å². The molecule has 0 saturated carbocycles. The van der Waals surface area contributed by atoms with E-state index in [1.54, 1.807) is 0 Å². The van der Waals surface area contributed by atoms with Crippen molar-refractivity contribution in [1.82, 2.24) is 5.16 Å². The first-order valence-electron chi connectivity index (χ1n) is 10.8. The molecule has 3 rings (SSSR count). The van der Waals surface area contributed by atoms with Gasteiger partial charge in [0.25, 0.3) is 0 Å². The maximum Gasteiger partial charge on any atom is 0.137 e. The first-order chi connectivity index (χ1) is 15.2. The molecule has 0 amide bonds. The summed E-state index contributed by atoms with van der Waals surface area (Å²) in [7, 11) is 0. The third-order valence-electron chi connectivity index (χ3n) is 4.87. The molecule has 166 valence electrons. The van der Waals surface area contributed by atoms with Crippen molar-refractivity contribution in [3.63, 3.8) is 0 Å². The average Bonchev–Trinajstić information content (AvgIpc) is 3.23. The van der Waals surface area contributed by atoms with Crippen LogP contribution < -0.4 is 10.5 Å². The molecule has 2 aromatic carbocycles. The van der Waals surface area contributed by atoms with E-state index in [0.717, 1.165) is 41.2 Å². The van der Waals surface area contributed by atoms with Gasteiger partial charge in [-0.2, -0.15) is 0 Å². The molecule has 0 saturated heterocycles.